The van der Waals surface area contributed by atoms with Crippen LogP contribution in [0.2, 0.25) is 0 Å². The summed E-state index contributed by atoms with van der Waals surface area (Å²) in [5.41, 5.74) is 2.26. The van der Waals surface area contributed by atoms with Gasteiger partial charge in [0, 0.05) is 23.8 Å². The van der Waals surface area contributed by atoms with E-state index in [2.05, 4.69) is 6.92 Å². The number of fused-ring (bicyclic) bond motifs is 1. The predicted octanol–water partition coefficient (Wildman–Crippen LogP) is 2.51. The minimum Gasteiger partial charge on any atom is -0.508 e. The molecule has 1 atom stereocenters. The number of hydrogen-bond acceptors (Lipinski definition) is 4. The lowest BCUT2D eigenvalue weighted by Crippen LogP contribution is -2.53. The Morgan fingerprint density at radius 1 is 1.42 bits per heavy atom. The maximum Gasteiger partial charge on any atom is 0.132 e. The molecular formula is C15H19NO3. The Balaban J connectivity index is 1.96. The van der Waals surface area contributed by atoms with Crippen molar-refractivity contribution < 1.29 is 14.6 Å². The third kappa shape index (κ3) is 1.91. The van der Waals surface area contributed by atoms with Crippen molar-refractivity contribution in [2.45, 2.75) is 32.8 Å². The van der Waals surface area contributed by atoms with E-state index in [4.69, 9.17) is 14.9 Å². The molecule has 1 aromatic rings. The van der Waals surface area contributed by atoms with E-state index in [-0.39, 0.29) is 17.3 Å². The molecule has 2 aliphatic heterocycles. The number of rotatable bonds is 2. The van der Waals surface area contributed by atoms with Crippen LogP contribution in [0.5, 0.6) is 11.5 Å². The number of aromatic hydroxyl groups is 1. The topological polar surface area (TPSA) is 62.5 Å². The smallest absolute Gasteiger partial charge is 0.132 e. The van der Waals surface area contributed by atoms with E-state index in [0.29, 0.717) is 31.1 Å². The van der Waals surface area contributed by atoms with E-state index in [1.807, 2.05) is 13.0 Å². The number of aryl methyl sites for hydroxylation is 1. The zero-order chi connectivity index (χ0) is 13.6. The highest BCUT2D eigenvalue weighted by atomic mass is 16.5. The van der Waals surface area contributed by atoms with Crippen LogP contribution in [0.15, 0.2) is 12.1 Å². The molecule has 4 heteroatoms. The van der Waals surface area contributed by atoms with Gasteiger partial charge in [0.05, 0.1) is 18.6 Å². The Bertz CT molecular complexity index is 534. The van der Waals surface area contributed by atoms with Crippen molar-refractivity contribution in [3.63, 3.8) is 0 Å². The Morgan fingerprint density at radius 3 is 2.74 bits per heavy atom. The monoisotopic (exact) mass is 261 g/mol. The largest absolute Gasteiger partial charge is 0.508 e. The first-order valence-electron chi connectivity index (χ1n) is 6.71. The molecule has 0 radical (unpaired) electrons. The van der Waals surface area contributed by atoms with E-state index in [1.54, 1.807) is 6.07 Å². The van der Waals surface area contributed by atoms with Crippen molar-refractivity contribution in [1.29, 1.82) is 5.41 Å². The Kier molecular flexibility index (Phi) is 2.78. The van der Waals surface area contributed by atoms with Gasteiger partial charge in [-0.05, 0) is 18.1 Å². The predicted molar refractivity (Wildman–Crippen MR) is 72.3 cm³/mol. The second kappa shape index (κ2) is 4.23. The maximum atomic E-state index is 9.94. The quantitative estimate of drug-likeness (QED) is 0.859. The fraction of sp³-hybridized carbons (Fsp3) is 0.533. The summed E-state index contributed by atoms with van der Waals surface area (Å²) in [6.45, 7) is 5.47. The van der Waals surface area contributed by atoms with Crippen LogP contribution in [0.1, 0.15) is 31.4 Å². The van der Waals surface area contributed by atoms with Gasteiger partial charge < -0.3 is 20.0 Å². The van der Waals surface area contributed by atoms with Gasteiger partial charge in [0.15, 0.2) is 0 Å². The van der Waals surface area contributed by atoms with Gasteiger partial charge in [0.25, 0.3) is 0 Å². The van der Waals surface area contributed by atoms with Crippen LogP contribution >= 0.6 is 0 Å². The Hall–Kier alpha value is -1.55. The molecule has 0 bridgehead atoms. The third-order valence-electron chi connectivity index (χ3n) is 4.19. The van der Waals surface area contributed by atoms with E-state index in [1.165, 1.54) is 0 Å². The van der Waals surface area contributed by atoms with Crippen molar-refractivity contribution in [1.82, 2.24) is 0 Å². The molecule has 102 valence electrons. The van der Waals surface area contributed by atoms with Gasteiger partial charge in [0.1, 0.15) is 17.6 Å². The molecular weight excluding hydrogens is 242 g/mol. The van der Waals surface area contributed by atoms with Gasteiger partial charge in [-0.3, -0.25) is 0 Å². The minimum atomic E-state index is -0.0341. The first kappa shape index (κ1) is 12.5. The summed E-state index contributed by atoms with van der Waals surface area (Å²) < 4.78 is 11.3. The molecule has 0 aliphatic carbocycles. The van der Waals surface area contributed by atoms with Crippen molar-refractivity contribution in [2.75, 3.05) is 13.2 Å². The summed E-state index contributed by atoms with van der Waals surface area (Å²) in [4.78, 5) is 0. The fourth-order valence-corrected chi connectivity index (χ4v) is 2.72. The number of benzene rings is 1. The molecule has 1 aromatic carbocycles. The second-order valence-electron chi connectivity index (χ2n) is 5.77. The molecule has 1 unspecified atom stereocenters. The van der Waals surface area contributed by atoms with Gasteiger partial charge in [-0.1, -0.05) is 13.8 Å². The van der Waals surface area contributed by atoms with Crippen LogP contribution in [0.25, 0.3) is 0 Å². The molecule has 3 rings (SSSR count). The molecule has 4 nitrogen and oxygen atoms in total. The van der Waals surface area contributed by atoms with Crippen molar-refractivity contribution >= 4 is 5.71 Å². The maximum absolute atomic E-state index is 9.94. The molecule has 2 aliphatic rings. The fourth-order valence-electron chi connectivity index (χ4n) is 2.72. The van der Waals surface area contributed by atoms with E-state index < -0.39 is 0 Å². The van der Waals surface area contributed by atoms with Gasteiger partial charge >= 0.3 is 0 Å². The Labute approximate surface area is 112 Å². The lowest BCUT2D eigenvalue weighted by Gasteiger charge is -2.45. The first-order chi connectivity index (χ1) is 9.03. The van der Waals surface area contributed by atoms with Gasteiger partial charge in [-0.25, -0.2) is 0 Å². The number of ether oxygens (including phenoxy) is 2. The standard InChI is InChI=1S/C15H19NO3/c1-3-9-4-10-11(16)5-14(15(2)7-18-8-15)19-13(10)6-12(9)17/h4,6,14,16-17H,3,5,7-8H2,1-2H3. The lowest BCUT2D eigenvalue weighted by atomic mass is 9.78. The highest BCUT2D eigenvalue weighted by molar-refractivity contribution is 6.02. The van der Waals surface area contributed by atoms with E-state index >= 15 is 0 Å². The van der Waals surface area contributed by atoms with Crippen LogP contribution in [0.4, 0.5) is 0 Å². The number of hydrogen-bond donors (Lipinski definition) is 2. The molecule has 2 heterocycles. The summed E-state index contributed by atoms with van der Waals surface area (Å²) in [5, 5.41) is 18.2. The minimum absolute atomic E-state index is 0.0109. The zero-order valence-corrected chi connectivity index (χ0v) is 11.3. The molecule has 0 saturated carbocycles. The van der Waals surface area contributed by atoms with Crippen LogP contribution in [0.3, 0.4) is 0 Å². The first-order valence-corrected chi connectivity index (χ1v) is 6.71. The van der Waals surface area contributed by atoms with E-state index in [0.717, 1.165) is 17.5 Å². The zero-order valence-electron chi connectivity index (χ0n) is 11.3. The summed E-state index contributed by atoms with van der Waals surface area (Å²) in [6, 6.07) is 3.53. The average molecular weight is 261 g/mol. The average Bonchev–Trinajstić information content (AvgIpc) is 2.35. The van der Waals surface area contributed by atoms with E-state index in [9.17, 15) is 5.11 Å². The third-order valence-corrected chi connectivity index (χ3v) is 4.19. The van der Waals surface area contributed by atoms with Crippen molar-refractivity contribution in [3.8, 4) is 11.5 Å². The molecule has 19 heavy (non-hydrogen) atoms. The molecule has 2 N–H and O–H groups in total. The van der Waals surface area contributed by atoms with Crippen LogP contribution in [-0.4, -0.2) is 30.1 Å². The number of phenolic OH excluding ortho intramolecular Hbond substituents is 1. The molecule has 0 amide bonds. The number of phenols is 1. The molecule has 0 aromatic heterocycles. The summed E-state index contributed by atoms with van der Waals surface area (Å²) in [7, 11) is 0. The lowest BCUT2D eigenvalue weighted by molar-refractivity contribution is -0.152. The van der Waals surface area contributed by atoms with Crippen molar-refractivity contribution in [2.24, 2.45) is 5.41 Å². The molecule has 1 fully saturated rings. The van der Waals surface area contributed by atoms with Gasteiger partial charge in [-0.15, -0.1) is 0 Å². The van der Waals surface area contributed by atoms with Crippen LogP contribution in [0, 0.1) is 10.8 Å². The summed E-state index contributed by atoms with van der Waals surface area (Å²) >= 11 is 0. The summed E-state index contributed by atoms with van der Waals surface area (Å²) in [5.74, 6) is 0.883. The van der Waals surface area contributed by atoms with Crippen molar-refractivity contribution in [3.05, 3.63) is 23.3 Å². The second-order valence-corrected chi connectivity index (χ2v) is 5.77. The molecule has 1 saturated heterocycles. The van der Waals surface area contributed by atoms with Gasteiger partial charge in [-0.2, -0.15) is 0 Å². The van der Waals surface area contributed by atoms with Gasteiger partial charge in [0.2, 0.25) is 0 Å². The summed E-state index contributed by atoms with van der Waals surface area (Å²) in [6.07, 6.45) is 1.33. The highest BCUT2D eigenvalue weighted by Crippen LogP contribution is 2.41. The molecule has 0 spiro atoms. The van der Waals surface area contributed by atoms with Crippen LogP contribution in [-0.2, 0) is 11.2 Å². The van der Waals surface area contributed by atoms with Crippen LogP contribution < -0.4 is 4.74 Å². The normalized spacial score (nSPS) is 24.3. The Morgan fingerprint density at radius 2 is 2.16 bits per heavy atom. The number of nitrogens with one attached hydrogen (secondary N) is 1. The SMILES string of the molecule is CCc1cc2c(cc1O)OC(C1(C)COC1)CC2=N. The highest BCUT2D eigenvalue weighted by Gasteiger charge is 2.45.